The number of hydrogen-bond acceptors (Lipinski definition) is 3. The number of carbonyl (C=O) groups excluding carboxylic acids is 1. The Balaban J connectivity index is 1.83. The molecule has 0 aromatic heterocycles. The van der Waals surface area contributed by atoms with E-state index in [9.17, 15) is 10.0 Å². The summed E-state index contributed by atoms with van der Waals surface area (Å²) in [7, 11) is 0. The van der Waals surface area contributed by atoms with Gasteiger partial charge in [-0.3, -0.25) is 4.79 Å². The van der Waals surface area contributed by atoms with Gasteiger partial charge in [-0.25, -0.2) is 0 Å². The molecule has 1 aliphatic rings. The third kappa shape index (κ3) is 4.53. The highest BCUT2D eigenvalue weighted by Gasteiger charge is 2.22. The summed E-state index contributed by atoms with van der Waals surface area (Å²) in [5.41, 5.74) is 8.92. The van der Waals surface area contributed by atoms with Gasteiger partial charge >= 0.3 is 0 Å². The number of primary amides is 1. The van der Waals surface area contributed by atoms with Gasteiger partial charge in [-0.15, -0.1) is 0 Å². The maximum absolute atomic E-state index is 11.8. The normalized spacial score (nSPS) is 22.1. The molecule has 22 heavy (non-hydrogen) atoms. The Labute approximate surface area is 132 Å². The molecule has 122 valence electrons. The van der Waals surface area contributed by atoms with Crippen LogP contribution in [0.3, 0.4) is 0 Å². The third-order valence-corrected chi connectivity index (χ3v) is 4.50. The molecule has 1 aromatic carbocycles. The van der Waals surface area contributed by atoms with Crippen molar-refractivity contribution in [1.82, 2.24) is 5.32 Å². The summed E-state index contributed by atoms with van der Waals surface area (Å²) in [5.74, 6) is 0.202. The number of benzene rings is 1. The highest BCUT2D eigenvalue weighted by atomic mass is 16.5. The first-order valence-corrected chi connectivity index (χ1v) is 8.10. The van der Waals surface area contributed by atoms with Crippen LogP contribution in [0.25, 0.3) is 0 Å². The van der Waals surface area contributed by atoms with Crippen LogP contribution in [-0.2, 0) is 17.8 Å². The second-order valence-electron chi connectivity index (χ2n) is 6.46. The van der Waals surface area contributed by atoms with E-state index in [1.165, 1.54) is 16.7 Å². The van der Waals surface area contributed by atoms with Gasteiger partial charge in [-0.1, -0.05) is 25.1 Å². The highest BCUT2D eigenvalue weighted by Crippen LogP contribution is 2.21. The summed E-state index contributed by atoms with van der Waals surface area (Å²) in [6.07, 6.45) is 2.14. The monoisotopic (exact) mass is 305 g/mol. The molecular weight excluding hydrogens is 278 g/mol. The van der Waals surface area contributed by atoms with E-state index < -0.39 is 0 Å². The molecule has 0 saturated carbocycles. The van der Waals surface area contributed by atoms with Gasteiger partial charge in [0.1, 0.15) is 6.04 Å². The summed E-state index contributed by atoms with van der Waals surface area (Å²) < 4.78 is 0. The second kappa shape index (κ2) is 7.72. The van der Waals surface area contributed by atoms with Crippen molar-refractivity contribution in [2.45, 2.75) is 45.7 Å². The quantitative estimate of drug-likeness (QED) is 0.648. The minimum atomic E-state index is -0.231. The molecule has 5 nitrogen and oxygen atoms in total. The van der Waals surface area contributed by atoms with Crippen LogP contribution < -0.4 is 16.1 Å². The van der Waals surface area contributed by atoms with Crippen molar-refractivity contribution in [2.24, 2.45) is 11.7 Å². The van der Waals surface area contributed by atoms with E-state index in [0.717, 1.165) is 25.9 Å². The number of hydrogen-bond donors (Lipinski definition) is 3. The van der Waals surface area contributed by atoms with Gasteiger partial charge < -0.3 is 21.3 Å². The van der Waals surface area contributed by atoms with Gasteiger partial charge in [0.15, 0.2) is 0 Å². The van der Waals surface area contributed by atoms with Gasteiger partial charge in [0.2, 0.25) is 5.91 Å². The molecule has 3 unspecified atom stereocenters. The summed E-state index contributed by atoms with van der Waals surface area (Å²) in [4.78, 5) is 10.8. The lowest BCUT2D eigenvalue weighted by molar-refractivity contribution is -0.882. The number of quaternary nitrogens is 1. The van der Waals surface area contributed by atoms with E-state index in [2.05, 4.69) is 30.4 Å². The Morgan fingerprint density at radius 2 is 2.32 bits per heavy atom. The van der Waals surface area contributed by atoms with Crippen molar-refractivity contribution in [3.05, 3.63) is 40.1 Å². The van der Waals surface area contributed by atoms with E-state index >= 15 is 0 Å². The Bertz CT molecular complexity index is 519. The standard InChI is InChI=1S/C17H27N3O2/c1-12(3-6-17(18)21)10-19-11-14-4-5-16-13(2)20(22)8-7-15(16)9-14/h4-5,9,12-13,19-20H,3,6-8,10-11H2,1-2H3,(H2,18,21). The molecule has 0 radical (unpaired) electrons. The summed E-state index contributed by atoms with van der Waals surface area (Å²) >= 11 is 0. The molecule has 3 atom stereocenters. The highest BCUT2D eigenvalue weighted by molar-refractivity contribution is 5.73. The van der Waals surface area contributed by atoms with Gasteiger partial charge in [-0.2, -0.15) is 0 Å². The molecule has 0 aliphatic carbocycles. The molecule has 1 aromatic rings. The topological polar surface area (TPSA) is 82.6 Å². The van der Waals surface area contributed by atoms with Crippen molar-refractivity contribution >= 4 is 5.91 Å². The molecule has 2 rings (SSSR count). The fourth-order valence-corrected chi connectivity index (χ4v) is 3.01. The molecule has 1 heterocycles. The lowest BCUT2D eigenvalue weighted by Gasteiger charge is -2.35. The Kier molecular flexibility index (Phi) is 5.94. The number of fused-ring (bicyclic) bond motifs is 1. The fraction of sp³-hybridized carbons (Fsp3) is 0.588. The number of carbonyl (C=O) groups is 1. The zero-order valence-electron chi connectivity index (χ0n) is 13.5. The number of amides is 1. The van der Waals surface area contributed by atoms with Crippen molar-refractivity contribution in [2.75, 3.05) is 13.1 Å². The van der Waals surface area contributed by atoms with E-state index in [1.54, 1.807) is 0 Å². The predicted molar refractivity (Wildman–Crippen MR) is 87.1 cm³/mol. The SMILES string of the molecule is CC(CCC(N)=O)CNCc1ccc2c(c1)CC[NH+]([O-])C2C. The first-order valence-electron chi connectivity index (χ1n) is 8.10. The van der Waals surface area contributed by atoms with Crippen molar-refractivity contribution in [1.29, 1.82) is 0 Å². The molecule has 4 N–H and O–H groups in total. The molecule has 1 amide bonds. The smallest absolute Gasteiger partial charge is 0.217 e. The lowest BCUT2D eigenvalue weighted by atomic mass is 9.93. The van der Waals surface area contributed by atoms with Crippen LogP contribution in [0.15, 0.2) is 18.2 Å². The van der Waals surface area contributed by atoms with E-state index in [4.69, 9.17) is 5.73 Å². The summed E-state index contributed by atoms with van der Waals surface area (Å²) in [6, 6.07) is 6.47. The van der Waals surface area contributed by atoms with Crippen LogP contribution in [0.1, 0.15) is 49.4 Å². The van der Waals surface area contributed by atoms with Crippen molar-refractivity contribution in [3.8, 4) is 0 Å². The van der Waals surface area contributed by atoms with Gasteiger partial charge in [0.25, 0.3) is 0 Å². The van der Waals surface area contributed by atoms with Gasteiger partial charge in [0.05, 0.1) is 6.54 Å². The second-order valence-corrected chi connectivity index (χ2v) is 6.46. The molecule has 1 aliphatic heterocycles. The van der Waals surface area contributed by atoms with Gasteiger partial charge in [-0.05, 0) is 36.9 Å². The van der Waals surface area contributed by atoms with Crippen LogP contribution in [0.4, 0.5) is 0 Å². The molecule has 0 spiro atoms. The summed E-state index contributed by atoms with van der Waals surface area (Å²) in [6.45, 7) is 6.47. The molecule has 0 saturated heterocycles. The molecule has 5 heteroatoms. The Hall–Kier alpha value is -1.43. The molecular formula is C17H27N3O2. The van der Waals surface area contributed by atoms with Crippen LogP contribution in [0.5, 0.6) is 0 Å². The average molecular weight is 305 g/mol. The lowest BCUT2D eigenvalue weighted by Crippen LogP contribution is -3.08. The first-order chi connectivity index (χ1) is 10.5. The number of nitrogens with two attached hydrogens (primary N) is 1. The third-order valence-electron chi connectivity index (χ3n) is 4.50. The minimum absolute atomic E-state index is 0.0413. The van der Waals surface area contributed by atoms with Crippen LogP contribution in [0, 0.1) is 11.1 Å². The van der Waals surface area contributed by atoms with Gasteiger partial charge in [0, 0.05) is 24.9 Å². The predicted octanol–water partition coefficient (Wildman–Crippen LogP) is 0.678. The molecule has 0 fully saturated rings. The van der Waals surface area contributed by atoms with E-state index in [-0.39, 0.29) is 11.9 Å². The van der Waals surface area contributed by atoms with Crippen LogP contribution in [-0.4, -0.2) is 19.0 Å². The maximum Gasteiger partial charge on any atom is 0.217 e. The zero-order chi connectivity index (χ0) is 16.1. The first kappa shape index (κ1) is 16.9. The number of nitrogens with one attached hydrogen (secondary N) is 2. The Morgan fingerprint density at radius 3 is 3.05 bits per heavy atom. The van der Waals surface area contributed by atoms with Crippen LogP contribution >= 0.6 is 0 Å². The summed E-state index contributed by atoms with van der Waals surface area (Å²) in [5, 5.41) is 15.5. The number of rotatable bonds is 7. The zero-order valence-corrected chi connectivity index (χ0v) is 13.5. The maximum atomic E-state index is 11.8. The van der Waals surface area contributed by atoms with Crippen molar-refractivity contribution in [3.63, 3.8) is 0 Å². The Morgan fingerprint density at radius 1 is 1.55 bits per heavy atom. The number of hydroxylamine groups is 2. The largest absolute Gasteiger partial charge is 0.634 e. The van der Waals surface area contributed by atoms with E-state index in [0.29, 0.717) is 23.9 Å². The average Bonchev–Trinajstić information content (AvgIpc) is 2.49. The van der Waals surface area contributed by atoms with Crippen LogP contribution in [0.2, 0.25) is 0 Å². The minimum Gasteiger partial charge on any atom is -0.634 e. The van der Waals surface area contributed by atoms with E-state index in [1.807, 2.05) is 6.92 Å². The van der Waals surface area contributed by atoms with Crippen molar-refractivity contribution < 1.29 is 9.86 Å². The fourth-order valence-electron chi connectivity index (χ4n) is 3.01. The molecule has 0 bridgehead atoms.